The second kappa shape index (κ2) is 6.60. The van der Waals surface area contributed by atoms with E-state index in [0.29, 0.717) is 24.8 Å². The summed E-state index contributed by atoms with van der Waals surface area (Å²) in [5.41, 5.74) is 1.06. The van der Waals surface area contributed by atoms with Crippen LogP contribution in [0.5, 0.6) is 0 Å². The minimum absolute atomic E-state index is 0.00408. The first kappa shape index (κ1) is 15.2. The molecule has 7 nitrogen and oxygen atoms in total. The van der Waals surface area contributed by atoms with Gasteiger partial charge < -0.3 is 14.7 Å². The number of hydrogen-bond donors (Lipinski definition) is 1. The van der Waals surface area contributed by atoms with Crippen molar-refractivity contribution >= 4 is 11.8 Å². The number of amides is 2. The maximum absolute atomic E-state index is 12.2. The molecule has 1 aliphatic heterocycles. The lowest BCUT2D eigenvalue weighted by atomic mass is 10.1. The highest BCUT2D eigenvalue weighted by atomic mass is 16.5. The molecular weight excluding hydrogens is 296 g/mol. The van der Waals surface area contributed by atoms with Gasteiger partial charge in [-0.2, -0.15) is 4.98 Å². The SMILES string of the molecule is Cc1nc(CNC(=O)C2CC(=O)N(Cc3ccccc3)C2)no1. The van der Waals surface area contributed by atoms with Crippen LogP contribution in [0.1, 0.15) is 23.7 Å². The summed E-state index contributed by atoms with van der Waals surface area (Å²) in [5.74, 6) is 0.403. The molecule has 0 aliphatic carbocycles. The Balaban J connectivity index is 1.53. The smallest absolute Gasteiger partial charge is 0.225 e. The lowest BCUT2D eigenvalue weighted by Gasteiger charge is -2.16. The van der Waals surface area contributed by atoms with Crippen LogP contribution in [-0.4, -0.2) is 33.4 Å². The lowest BCUT2D eigenvalue weighted by Crippen LogP contribution is -2.32. The standard InChI is InChI=1S/C16H18N4O3/c1-11-18-14(19-23-11)8-17-16(22)13-7-15(21)20(10-13)9-12-5-3-2-4-6-12/h2-6,13H,7-10H2,1H3,(H,17,22). The van der Waals surface area contributed by atoms with Gasteiger partial charge in [-0.3, -0.25) is 9.59 Å². The minimum Gasteiger partial charge on any atom is -0.348 e. The molecule has 1 atom stereocenters. The van der Waals surface area contributed by atoms with Crippen LogP contribution in [0.15, 0.2) is 34.9 Å². The Bertz CT molecular complexity index is 698. The van der Waals surface area contributed by atoms with Crippen molar-refractivity contribution in [3.8, 4) is 0 Å². The number of benzene rings is 1. The van der Waals surface area contributed by atoms with Gasteiger partial charge in [-0.1, -0.05) is 35.5 Å². The van der Waals surface area contributed by atoms with Crippen LogP contribution in [-0.2, 0) is 22.7 Å². The second-order valence-electron chi connectivity index (χ2n) is 5.61. The van der Waals surface area contributed by atoms with Crippen molar-refractivity contribution in [2.24, 2.45) is 5.92 Å². The Labute approximate surface area is 133 Å². The average molecular weight is 314 g/mol. The first-order valence-corrected chi connectivity index (χ1v) is 7.50. The van der Waals surface area contributed by atoms with E-state index < -0.39 is 0 Å². The molecule has 1 fully saturated rings. The number of likely N-dealkylation sites (tertiary alicyclic amines) is 1. The number of nitrogens with one attached hydrogen (secondary N) is 1. The predicted molar refractivity (Wildman–Crippen MR) is 80.8 cm³/mol. The summed E-state index contributed by atoms with van der Waals surface area (Å²) in [6, 6.07) is 9.75. The molecule has 1 aromatic heterocycles. The molecule has 0 spiro atoms. The summed E-state index contributed by atoms with van der Waals surface area (Å²) in [4.78, 5) is 30.0. The van der Waals surface area contributed by atoms with Crippen molar-refractivity contribution in [1.29, 1.82) is 0 Å². The molecule has 2 aromatic rings. The van der Waals surface area contributed by atoms with Gasteiger partial charge in [0.05, 0.1) is 12.5 Å². The Morgan fingerprint density at radius 2 is 2.17 bits per heavy atom. The molecule has 1 unspecified atom stereocenters. The van der Waals surface area contributed by atoms with E-state index >= 15 is 0 Å². The number of rotatable bonds is 5. The van der Waals surface area contributed by atoms with Crippen molar-refractivity contribution in [3.05, 3.63) is 47.6 Å². The van der Waals surface area contributed by atoms with Gasteiger partial charge >= 0.3 is 0 Å². The molecule has 2 heterocycles. The second-order valence-corrected chi connectivity index (χ2v) is 5.61. The van der Waals surface area contributed by atoms with Gasteiger partial charge in [0.25, 0.3) is 0 Å². The van der Waals surface area contributed by atoms with E-state index in [1.807, 2.05) is 30.3 Å². The third-order valence-electron chi connectivity index (χ3n) is 3.79. The first-order valence-electron chi connectivity index (χ1n) is 7.50. The minimum atomic E-state index is -0.334. The molecule has 1 N–H and O–H groups in total. The third kappa shape index (κ3) is 3.74. The number of aryl methyl sites for hydroxylation is 1. The van der Waals surface area contributed by atoms with Crippen molar-refractivity contribution in [1.82, 2.24) is 20.4 Å². The maximum atomic E-state index is 12.2. The molecule has 120 valence electrons. The number of aromatic nitrogens is 2. The van der Waals surface area contributed by atoms with Gasteiger partial charge in [-0.05, 0) is 5.56 Å². The molecule has 23 heavy (non-hydrogen) atoms. The zero-order valence-electron chi connectivity index (χ0n) is 12.9. The largest absolute Gasteiger partial charge is 0.348 e. The number of hydrogen-bond acceptors (Lipinski definition) is 5. The van der Waals surface area contributed by atoms with E-state index in [-0.39, 0.29) is 30.7 Å². The lowest BCUT2D eigenvalue weighted by molar-refractivity contribution is -0.129. The molecule has 7 heteroatoms. The van der Waals surface area contributed by atoms with Crippen molar-refractivity contribution in [3.63, 3.8) is 0 Å². The van der Waals surface area contributed by atoms with Crippen LogP contribution >= 0.6 is 0 Å². The molecule has 1 aromatic carbocycles. The monoisotopic (exact) mass is 314 g/mol. The maximum Gasteiger partial charge on any atom is 0.225 e. The molecule has 0 radical (unpaired) electrons. The summed E-state index contributed by atoms with van der Waals surface area (Å²) >= 11 is 0. The molecular formula is C16H18N4O3. The molecule has 3 rings (SSSR count). The van der Waals surface area contributed by atoms with Crippen LogP contribution in [0, 0.1) is 12.8 Å². The molecule has 2 amide bonds. The third-order valence-corrected chi connectivity index (χ3v) is 3.79. The first-order chi connectivity index (χ1) is 11.1. The summed E-state index contributed by atoms with van der Waals surface area (Å²) in [5, 5.41) is 6.48. The predicted octanol–water partition coefficient (Wildman–Crippen LogP) is 1.04. The van der Waals surface area contributed by atoms with Gasteiger partial charge in [-0.15, -0.1) is 0 Å². The number of nitrogens with zero attached hydrogens (tertiary/aromatic N) is 3. The van der Waals surface area contributed by atoms with Crippen molar-refractivity contribution in [2.45, 2.75) is 26.4 Å². The van der Waals surface area contributed by atoms with Crippen LogP contribution in [0.25, 0.3) is 0 Å². The summed E-state index contributed by atoms with van der Waals surface area (Å²) in [7, 11) is 0. The molecule has 1 saturated heterocycles. The Kier molecular flexibility index (Phi) is 4.36. The van der Waals surface area contributed by atoms with Gasteiger partial charge in [-0.25, -0.2) is 0 Å². The van der Waals surface area contributed by atoms with Crippen LogP contribution in [0.3, 0.4) is 0 Å². The van der Waals surface area contributed by atoms with Crippen LogP contribution in [0.4, 0.5) is 0 Å². The van der Waals surface area contributed by atoms with Crippen LogP contribution < -0.4 is 5.32 Å². The van der Waals surface area contributed by atoms with E-state index in [1.54, 1.807) is 11.8 Å². The van der Waals surface area contributed by atoms with E-state index in [1.165, 1.54) is 0 Å². The van der Waals surface area contributed by atoms with E-state index in [4.69, 9.17) is 4.52 Å². The average Bonchev–Trinajstić information content (AvgIpc) is 3.12. The molecule has 0 bridgehead atoms. The highest BCUT2D eigenvalue weighted by Crippen LogP contribution is 2.20. The Morgan fingerprint density at radius 3 is 2.87 bits per heavy atom. The fourth-order valence-corrected chi connectivity index (χ4v) is 2.63. The zero-order chi connectivity index (χ0) is 16.2. The highest BCUT2D eigenvalue weighted by Gasteiger charge is 2.34. The van der Waals surface area contributed by atoms with E-state index in [9.17, 15) is 9.59 Å². The number of carbonyl (C=O) groups is 2. The van der Waals surface area contributed by atoms with E-state index in [0.717, 1.165) is 5.56 Å². The molecule has 1 aliphatic rings. The normalized spacial score (nSPS) is 17.5. The quantitative estimate of drug-likeness (QED) is 0.891. The summed E-state index contributed by atoms with van der Waals surface area (Å²) in [6.45, 7) is 2.87. The fraction of sp³-hybridized carbons (Fsp3) is 0.375. The summed E-state index contributed by atoms with van der Waals surface area (Å²) < 4.78 is 4.85. The fourth-order valence-electron chi connectivity index (χ4n) is 2.63. The van der Waals surface area contributed by atoms with Gasteiger partial charge in [0, 0.05) is 26.4 Å². The van der Waals surface area contributed by atoms with Crippen molar-refractivity contribution < 1.29 is 14.1 Å². The zero-order valence-corrected chi connectivity index (χ0v) is 12.9. The van der Waals surface area contributed by atoms with Crippen molar-refractivity contribution in [2.75, 3.05) is 6.54 Å². The Morgan fingerprint density at radius 1 is 1.39 bits per heavy atom. The highest BCUT2D eigenvalue weighted by molar-refractivity contribution is 5.89. The Hall–Kier alpha value is -2.70. The molecule has 0 saturated carbocycles. The van der Waals surface area contributed by atoms with Gasteiger partial charge in [0.2, 0.25) is 17.7 Å². The summed E-state index contributed by atoms with van der Waals surface area (Å²) in [6.07, 6.45) is 0.240. The van der Waals surface area contributed by atoms with E-state index in [2.05, 4.69) is 15.5 Å². The van der Waals surface area contributed by atoms with Crippen LogP contribution in [0.2, 0.25) is 0 Å². The topological polar surface area (TPSA) is 88.3 Å². The number of carbonyl (C=O) groups excluding carboxylic acids is 2. The van der Waals surface area contributed by atoms with Gasteiger partial charge in [0.15, 0.2) is 5.82 Å². The van der Waals surface area contributed by atoms with Gasteiger partial charge in [0.1, 0.15) is 0 Å².